The number of aromatic nitrogens is 1. The third-order valence-electron chi connectivity index (χ3n) is 5.35. The highest BCUT2D eigenvalue weighted by Crippen LogP contribution is 2.27. The maximum atomic E-state index is 12.5. The molecule has 0 spiro atoms. The van der Waals surface area contributed by atoms with E-state index >= 15 is 0 Å². The molecule has 3 aromatic carbocycles. The van der Waals surface area contributed by atoms with Crippen LogP contribution in [0.4, 0.5) is 0 Å². The van der Waals surface area contributed by atoms with Crippen LogP contribution in [0, 0.1) is 6.92 Å². The van der Waals surface area contributed by atoms with Gasteiger partial charge in [0, 0.05) is 39.3 Å². The molecule has 0 aliphatic rings. The van der Waals surface area contributed by atoms with E-state index < -0.39 is 0 Å². The molecular weight excluding hydrogens is 422 g/mol. The van der Waals surface area contributed by atoms with Crippen molar-refractivity contribution in [3.63, 3.8) is 0 Å². The fourth-order valence-corrected chi connectivity index (χ4v) is 3.91. The number of carbonyl (C=O) groups is 1. The molecule has 0 aliphatic heterocycles. The van der Waals surface area contributed by atoms with Crippen LogP contribution in [0.2, 0.25) is 5.02 Å². The van der Waals surface area contributed by atoms with Gasteiger partial charge >= 0.3 is 0 Å². The number of carbonyl (C=O) groups excluding carboxylic acids is 1. The molecule has 0 unspecified atom stereocenters. The molecule has 1 amide bonds. The fourth-order valence-electron chi connectivity index (χ4n) is 3.71. The van der Waals surface area contributed by atoms with Gasteiger partial charge in [0.2, 0.25) is 0 Å². The zero-order valence-electron chi connectivity index (χ0n) is 18.0. The third-order valence-corrected chi connectivity index (χ3v) is 5.72. The number of halogens is 1. The number of hydrogen-bond donors (Lipinski definition) is 1. The second kappa shape index (κ2) is 9.71. The first-order valence-corrected chi connectivity index (χ1v) is 10.8. The van der Waals surface area contributed by atoms with Crippen molar-refractivity contribution < 1.29 is 9.53 Å². The summed E-state index contributed by atoms with van der Waals surface area (Å²) in [5.41, 5.74) is 7.27. The minimum atomic E-state index is -0.276. The number of nitrogens with zero attached hydrogens (tertiary/aromatic N) is 2. The number of fused-ring (bicyclic) bond motifs is 1. The van der Waals surface area contributed by atoms with Gasteiger partial charge in [-0.05, 0) is 55.8 Å². The highest BCUT2D eigenvalue weighted by atomic mass is 35.5. The van der Waals surface area contributed by atoms with E-state index in [0.29, 0.717) is 18.7 Å². The van der Waals surface area contributed by atoms with Crippen LogP contribution in [-0.4, -0.2) is 23.3 Å². The standard InChI is InChI=1S/C26H24ClN3O2/c1-3-32-21-14-12-19(13-15-21)26(31)29-28-16-23-18(2)30(25-11-7-5-9-22(23)25)17-20-8-4-6-10-24(20)27/h4-16H,3,17H2,1-2H3,(H,29,31)/b28-16-. The normalized spacial score (nSPS) is 11.2. The molecule has 0 saturated carbocycles. The number of hydrazone groups is 1. The molecule has 1 N–H and O–H groups in total. The van der Waals surface area contributed by atoms with Gasteiger partial charge in [-0.25, -0.2) is 5.43 Å². The number of nitrogens with one attached hydrogen (secondary N) is 1. The highest BCUT2D eigenvalue weighted by molar-refractivity contribution is 6.31. The molecule has 4 rings (SSSR count). The van der Waals surface area contributed by atoms with Gasteiger partial charge in [0.15, 0.2) is 0 Å². The summed E-state index contributed by atoms with van der Waals surface area (Å²) in [5, 5.41) is 6.03. The lowest BCUT2D eigenvalue weighted by atomic mass is 10.1. The Morgan fingerprint density at radius 2 is 1.78 bits per heavy atom. The Hall–Kier alpha value is -3.57. The summed E-state index contributed by atoms with van der Waals surface area (Å²) < 4.78 is 7.63. The average molecular weight is 446 g/mol. The molecule has 0 saturated heterocycles. The Balaban J connectivity index is 1.58. The summed E-state index contributed by atoms with van der Waals surface area (Å²) in [6.45, 7) is 5.20. The van der Waals surface area contributed by atoms with Gasteiger partial charge in [-0.2, -0.15) is 5.10 Å². The fraction of sp³-hybridized carbons (Fsp3) is 0.154. The lowest BCUT2D eigenvalue weighted by Crippen LogP contribution is -2.17. The first-order chi connectivity index (χ1) is 15.6. The quantitative estimate of drug-likeness (QED) is 0.288. The summed E-state index contributed by atoms with van der Waals surface area (Å²) in [6.07, 6.45) is 1.70. The summed E-state index contributed by atoms with van der Waals surface area (Å²) in [4.78, 5) is 12.5. The first-order valence-electron chi connectivity index (χ1n) is 10.5. The number of rotatable bonds is 7. The van der Waals surface area contributed by atoms with Gasteiger partial charge < -0.3 is 9.30 Å². The topological polar surface area (TPSA) is 55.6 Å². The second-order valence-corrected chi connectivity index (χ2v) is 7.76. The number of benzene rings is 3. The minimum Gasteiger partial charge on any atom is -0.494 e. The molecule has 1 aromatic heterocycles. The van der Waals surface area contributed by atoms with Crippen LogP contribution in [0.25, 0.3) is 10.9 Å². The molecule has 0 aliphatic carbocycles. The SMILES string of the molecule is CCOc1ccc(C(=O)N/N=C\c2c(C)n(Cc3ccccc3Cl)c3ccccc23)cc1. The zero-order chi connectivity index (χ0) is 22.5. The van der Waals surface area contributed by atoms with Crippen LogP contribution in [0.15, 0.2) is 77.9 Å². The summed E-state index contributed by atoms with van der Waals surface area (Å²) >= 11 is 6.39. The van der Waals surface area contributed by atoms with Crippen LogP contribution >= 0.6 is 11.6 Å². The van der Waals surface area contributed by atoms with E-state index in [1.54, 1.807) is 30.5 Å². The van der Waals surface area contributed by atoms with Crippen molar-refractivity contribution >= 4 is 34.6 Å². The Morgan fingerprint density at radius 1 is 1.06 bits per heavy atom. The second-order valence-electron chi connectivity index (χ2n) is 7.35. The largest absolute Gasteiger partial charge is 0.494 e. The van der Waals surface area contributed by atoms with Crippen LogP contribution in [0.3, 0.4) is 0 Å². The van der Waals surface area contributed by atoms with Crippen molar-refractivity contribution in [2.75, 3.05) is 6.61 Å². The molecule has 0 radical (unpaired) electrons. The molecule has 32 heavy (non-hydrogen) atoms. The molecule has 1 heterocycles. The van der Waals surface area contributed by atoms with Crippen LogP contribution in [0.5, 0.6) is 5.75 Å². The Kier molecular flexibility index (Phi) is 6.57. The monoisotopic (exact) mass is 445 g/mol. The van der Waals surface area contributed by atoms with Crippen LogP contribution in [-0.2, 0) is 6.54 Å². The molecule has 5 nitrogen and oxygen atoms in total. The Morgan fingerprint density at radius 3 is 2.53 bits per heavy atom. The molecule has 0 atom stereocenters. The molecule has 4 aromatic rings. The smallest absolute Gasteiger partial charge is 0.271 e. The molecule has 162 valence electrons. The molecule has 6 heteroatoms. The minimum absolute atomic E-state index is 0.276. The van der Waals surface area contributed by atoms with Crippen molar-refractivity contribution in [2.24, 2.45) is 5.10 Å². The van der Waals surface area contributed by atoms with Crippen molar-refractivity contribution in [2.45, 2.75) is 20.4 Å². The molecule has 0 fully saturated rings. The lowest BCUT2D eigenvalue weighted by molar-refractivity contribution is 0.0955. The van der Waals surface area contributed by atoms with E-state index in [2.05, 4.69) is 27.2 Å². The van der Waals surface area contributed by atoms with Crippen LogP contribution < -0.4 is 10.2 Å². The van der Waals surface area contributed by atoms with Gasteiger partial charge in [-0.15, -0.1) is 0 Å². The van der Waals surface area contributed by atoms with E-state index in [4.69, 9.17) is 16.3 Å². The van der Waals surface area contributed by atoms with Gasteiger partial charge in [0.1, 0.15) is 5.75 Å². The third kappa shape index (κ3) is 4.53. The van der Waals surface area contributed by atoms with E-state index in [-0.39, 0.29) is 5.91 Å². The Bertz CT molecular complexity index is 1280. The van der Waals surface area contributed by atoms with Gasteiger partial charge in [0.25, 0.3) is 5.91 Å². The van der Waals surface area contributed by atoms with Gasteiger partial charge in [-0.3, -0.25) is 4.79 Å². The Labute approximate surface area is 192 Å². The maximum absolute atomic E-state index is 12.5. The summed E-state index contributed by atoms with van der Waals surface area (Å²) in [7, 11) is 0. The molecular formula is C26H24ClN3O2. The zero-order valence-corrected chi connectivity index (χ0v) is 18.8. The lowest BCUT2D eigenvalue weighted by Gasteiger charge is -2.10. The highest BCUT2D eigenvalue weighted by Gasteiger charge is 2.14. The number of para-hydroxylation sites is 1. The number of ether oxygens (including phenoxy) is 1. The number of amides is 1. The van der Waals surface area contributed by atoms with E-state index in [0.717, 1.165) is 38.5 Å². The summed E-state index contributed by atoms with van der Waals surface area (Å²) in [5.74, 6) is 0.455. The van der Waals surface area contributed by atoms with Crippen molar-refractivity contribution in [3.8, 4) is 5.75 Å². The van der Waals surface area contributed by atoms with Crippen molar-refractivity contribution in [1.29, 1.82) is 0 Å². The van der Waals surface area contributed by atoms with E-state index in [1.807, 2.05) is 50.2 Å². The predicted molar refractivity (Wildman–Crippen MR) is 130 cm³/mol. The molecule has 0 bridgehead atoms. The number of hydrogen-bond acceptors (Lipinski definition) is 3. The first kappa shape index (κ1) is 21.7. The van der Waals surface area contributed by atoms with E-state index in [1.165, 1.54) is 0 Å². The van der Waals surface area contributed by atoms with Crippen LogP contribution in [0.1, 0.15) is 34.1 Å². The summed E-state index contributed by atoms with van der Waals surface area (Å²) in [6, 6.07) is 23.0. The van der Waals surface area contributed by atoms with E-state index in [9.17, 15) is 4.79 Å². The van der Waals surface area contributed by atoms with Crippen molar-refractivity contribution in [1.82, 2.24) is 9.99 Å². The van der Waals surface area contributed by atoms with Crippen molar-refractivity contribution in [3.05, 3.63) is 100 Å². The van der Waals surface area contributed by atoms with Gasteiger partial charge in [0.05, 0.1) is 12.8 Å². The predicted octanol–water partition coefficient (Wildman–Crippen LogP) is 5.81. The average Bonchev–Trinajstić information content (AvgIpc) is 3.07. The van der Waals surface area contributed by atoms with Gasteiger partial charge in [-0.1, -0.05) is 48.0 Å². The maximum Gasteiger partial charge on any atom is 0.271 e.